The van der Waals surface area contributed by atoms with Gasteiger partial charge in [-0.15, -0.1) is 0 Å². The molecule has 0 spiro atoms. The number of rotatable bonds is 5. The van der Waals surface area contributed by atoms with Crippen molar-refractivity contribution in [2.75, 3.05) is 31.1 Å². The highest BCUT2D eigenvalue weighted by molar-refractivity contribution is 6.30. The molecule has 6 heteroatoms. The third-order valence-electron chi connectivity index (χ3n) is 5.03. The quantitative estimate of drug-likeness (QED) is 0.645. The lowest BCUT2D eigenvalue weighted by atomic mass is 10.2. The van der Waals surface area contributed by atoms with E-state index in [-0.39, 0.29) is 5.56 Å². The lowest BCUT2D eigenvalue weighted by Crippen LogP contribution is -2.48. The third-order valence-corrected chi connectivity index (χ3v) is 5.28. The molecule has 1 aromatic heterocycles. The SMILES string of the molecule is O=c1ccc(/C=C/c2ccccc2)nn1CN1CCN(c2ccc(Cl)cc2)CC1. The lowest BCUT2D eigenvalue weighted by Gasteiger charge is -2.36. The van der Waals surface area contributed by atoms with Gasteiger partial charge in [0.2, 0.25) is 0 Å². The van der Waals surface area contributed by atoms with E-state index in [1.54, 1.807) is 16.8 Å². The molecule has 0 bridgehead atoms. The van der Waals surface area contributed by atoms with Crippen LogP contribution in [0, 0.1) is 0 Å². The zero-order valence-corrected chi connectivity index (χ0v) is 16.9. The minimum Gasteiger partial charge on any atom is -0.369 e. The van der Waals surface area contributed by atoms with Gasteiger partial charge in [-0.1, -0.05) is 48.0 Å². The van der Waals surface area contributed by atoms with Gasteiger partial charge in [-0.2, -0.15) is 5.10 Å². The number of halogens is 1. The van der Waals surface area contributed by atoms with Crippen molar-refractivity contribution in [3.63, 3.8) is 0 Å². The molecule has 2 aromatic carbocycles. The molecule has 0 unspecified atom stereocenters. The molecule has 0 amide bonds. The molecule has 4 rings (SSSR count). The second kappa shape index (κ2) is 9.07. The van der Waals surface area contributed by atoms with Crippen molar-refractivity contribution < 1.29 is 0 Å². The molecule has 1 fully saturated rings. The molecule has 5 nitrogen and oxygen atoms in total. The molecule has 0 atom stereocenters. The van der Waals surface area contributed by atoms with Crippen molar-refractivity contribution >= 4 is 29.4 Å². The number of anilines is 1. The van der Waals surface area contributed by atoms with Crippen molar-refractivity contribution in [3.8, 4) is 0 Å². The van der Waals surface area contributed by atoms with Crippen LogP contribution < -0.4 is 10.5 Å². The molecule has 0 N–H and O–H groups in total. The van der Waals surface area contributed by atoms with Crippen LogP contribution in [-0.4, -0.2) is 40.9 Å². The third kappa shape index (κ3) is 5.13. The van der Waals surface area contributed by atoms with Gasteiger partial charge in [0.25, 0.3) is 5.56 Å². The van der Waals surface area contributed by atoms with Gasteiger partial charge in [0, 0.05) is 43.0 Å². The zero-order valence-electron chi connectivity index (χ0n) is 16.1. The topological polar surface area (TPSA) is 41.4 Å². The lowest BCUT2D eigenvalue weighted by molar-refractivity contribution is 0.191. The molecular formula is C23H23ClN4O. The summed E-state index contributed by atoms with van der Waals surface area (Å²) in [6.45, 7) is 4.07. The normalized spacial score (nSPS) is 15.1. The summed E-state index contributed by atoms with van der Waals surface area (Å²) < 4.78 is 1.54. The highest BCUT2D eigenvalue weighted by Crippen LogP contribution is 2.19. The summed E-state index contributed by atoms with van der Waals surface area (Å²) in [7, 11) is 0. The van der Waals surface area contributed by atoms with Crippen molar-refractivity contribution in [2.24, 2.45) is 0 Å². The van der Waals surface area contributed by atoms with Crippen LogP contribution in [0.15, 0.2) is 71.5 Å². The van der Waals surface area contributed by atoms with Crippen molar-refractivity contribution in [1.82, 2.24) is 14.7 Å². The van der Waals surface area contributed by atoms with E-state index in [9.17, 15) is 4.79 Å². The van der Waals surface area contributed by atoms with Gasteiger partial charge in [0.05, 0.1) is 12.4 Å². The Morgan fingerprint density at radius 3 is 2.31 bits per heavy atom. The van der Waals surface area contributed by atoms with Gasteiger partial charge in [0.15, 0.2) is 0 Å². The Kier molecular flexibility index (Phi) is 6.08. The standard InChI is InChI=1S/C23H23ClN4O/c24-20-7-11-22(12-8-20)27-16-14-26(15-17-27)18-28-23(29)13-10-21(25-28)9-6-19-4-2-1-3-5-19/h1-13H,14-18H2/b9-6+. The number of hydrogen-bond acceptors (Lipinski definition) is 4. The Bertz CT molecular complexity index is 1020. The van der Waals surface area contributed by atoms with Gasteiger partial charge >= 0.3 is 0 Å². The van der Waals surface area contributed by atoms with Gasteiger partial charge in [0.1, 0.15) is 0 Å². The molecular weight excluding hydrogens is 384 g/mol. The van der Waals surface area contributed by atoms with Gasteiger partial charge in [-0.25, -0.2) is 4.68 Å². The van der Waals surface area contributed by atoms with Crippen molar-refractivity contribution in [3.05, 3.63) is 93.4 Å². The second-order valence-electron chi connectivity index (χ2n) is 7.06. The number of nitrogens with zero attached hydrogens (tertiary/aromatic N) is 4. The summed E-state index contributed by atoms with van der Waals surface area (Å²) in [6.07, 6.45) is 3.94. The first kappa shape index (κ1) is 19.4. The fourth-order valence-corrected chi connectivity index (χ4v) is 3.52. The van der Waals surface area contributed by atoms with E-state index < -0.39 is 0 Å². The van der Waals surface area contributed by atoms with Gasteiger partial charge in [-0.3, -0.25) is 9.69 Å². The summed E-state index contributed by atoms with van der Waals surface area (Å²) >= 11 is 5.98. The molecule has 1 aliphatic heterocycles. The smallest absolute Gasteiger partial charge is 0.268 e. The maximum atomic E-state index is 12.3. The number of aromatic nitrogens is 2. The molecule has 148 valence electrons. The highest BCUT2D eigenvalue weighted by atomic mass is 35.5. The van der Waals surface area contributed by atoms with Crippen LogP contribution in [0.4, 0.5) is 5.69 Å². The Hall–Kier alpha value is -2.89. The van der Waals surface area contributed by atoms with Crippen LogP contribution in [0.5, 0.6) is 0 Å². The van der Waals surface area contributed by atoms with E-state index in [0.29, 0.717) is 6.67 Å². The fourth-order valence-electron chi connectivity index (χ4n) is 3.39. The number of benzene rings is 2. The van der Waals surface area contributed by atoms with Crippen LogP contribution in [0.1, 0.15) is 11.3 Å². The first-order chi connectivity index (χ1) is 14.2. The fraction of sp³-hybridized carbons (Fsp3) is 0.217. The predicted molar refractivity (Wildman–Crippen MR) is 119 cm³/mol. The van der Waals surface area contributed by atoms with E-state index in [1.807, 2.05) is 66.7 Å². The molecule has 0 saturated carbocycles. The van der Waals surface area contributed by atoms with E-state index in [0.717, 1.165) is 42.5 Å². The molecule has 3 aromatic rings. The maximum absolute atomic E-state index is 12.3. The summed E-state index contributed by atoms with van der Waals surface area (Å²) in [5.74, 6) is 0. The van der Waals surface area contributed by atoms with E-state index >= 15 is 0 Å². The minimum absolute atomic E-state index is 0.0815. The largest absolute Gasteiger partial charge is 0.369 e. The summed E-state index contributed by atoms with van der Waals surface area (Å²) in [6, 6.07) is 21.3. The Balaban J connectivity index is 1.39. The summed E-state index contributed by atoms with van der Waals surface area (Å²) in [4.78, 5) is 16.9. The van der Waals surface area contributed by atoms with Crippen LogP contribution >= 0.6 is 11.6 Å². The number of hydrogen-bond donors (Lipinski definition) is 0. The average molecular weight is 407 g/mol. The highest BCUT2D eigenvalue weighted by Gasteiger charge is 2.18. The zero-order chi connectivity index (χ0) is 20.1. The average Bonchev–Trinajstić information content (AvgIpc) is 2.76. The van der Waals surface area contributed by atoms with E-state index in [1.165, 1.54) is 5.69 Å². The molecule has 0 aliphatic carbocycles. The van der Waals surface area contributed by atoms with Crippen LogP contribution in [0.3, 0.4) is 0 Å². The van der Waals surface area contributed by atoms with Crippen LogP contribution in [0.25, 0.3) is 12.2 Å². The van der Waals surface area contributed by atoms with Crippen LogP contribution in [0.2, 0.25) is 5.02 Å². The molecule has 2 heterocycles. The predicted octanol–water partition coefficient (Wildman–Crippen LogP) is 3.85. The molecule has 29 heavy (non-hydrogen) atoms. The van der Waals surface area contributed by atoms with Crippen molar-refractivity contribution in [1.29, 1.82) is 0 Å². The van der Waals surface area contributed by atoms with E-state index in [4.69, 9.17) is 11.6 Å². The monoisotopic (exact) mass is 406 g/mol. The minimum atomic E-state index is -0.0815. The van der Waals surface area contributed by atoms with Gasteiger partial charge in [-0.05, 0) is 42.0 Å². The molecule has 1 aliphatic rings. The Morgan fingerprint density at radius 1 is 0.862 bits per heavy atom. The van der Waals surface area contributed by atoms with E-state index in [2.05, 4.69) is 14.9 Å². The first-order valence-corrected chi connectivity index (χ1v) is 10.1. The van der Waals surface area contributed by atoms with Crippen molar-refractivity contribution in [2.45, 2.75) is 6.67 Å². The Morgan fingerprint density at radius 2 is 1.59 bits per heavy atom. The first-order valence-electron chi connectivity index (χ1n) is 9.71. The number of piperazine rings is 1. The second-order valence-corrected chi connectivity index (χ2v) is 7.50. The molecule has 1 saturated heterocycles. The summed E-state index contributed by atoms with van der Waals surface area (Å²) in [5, 5.41) is 5.26. The maximum Gasteiger partial charge on any atom is 0.268 e. The van der Waals surface area contributed by atoms with Gasteiger partial charge < -0.3 is 4.90 Å². The summed E-state index contributed by atoms with van der Waals surface area (Å²) in [5.41, 5.74) is 2.97. The molecule has 0 radical (unpaired) electrons. The van der Waals surface area contributed by atoms with Crippen LogP contribution in [-0.2, 0) is 6.67 Å². The Labute approximate surface area is 175 Å².